The number of benzene rings is 2. The summed E-state index contributed by atoms with van der Waals surface area (Å²) in [6.07, 6.45) is 0. The average molecular weight is 377 g/mol. The molecule has 0 heterocycles. The van der Waals surface area contributed by atoms with E-state index in [1.54, 1.807) is 37.3 Å². The van der Waals surface area contributed by atoms with E-state index in [9.17, 15) is 18.0 Å². The summed E-state index contributed by atoms with van der Waals surface area (Å²) in [6, 6.07) is 12.1. The van der Waals surface area contributed by atoms with Crippen molar-refractivity contribution in [1.82, 2.24) is 0 Å². The van der Waals surface area contributed by atoms with Gasteiger partial charge in [0, 0.05) is 6.54 Å². The van der Waals surface area contributed by atoms with Gasteiger partial charge in [0.15, 0.2) is 0 Å². The molecule has 8 heteroatoms. The van der Waals surface area contributed by atoms with Gasteiger partial charge in [-0.05, 0) is 37.3 Å². The number of anilines is 1. The molecule has 0 amide bonds. The number of hydrogen-bond donors (Lipinski definition) is 0. The van der Waals surface area contributed by atoms with E-state index < -0.39 is 22.0 Å². The van der Waals surface area contributed by atoms with Gasteiger partial charge in [0.2, 0.25) is 0 Å². The van der Waals surface area contributed by atoms with E-state index in [2.05, 4.69) is 9.47 Å². The molecule has 0 aromatic heterocycles. The zero-order chi connectivity index (χ0) is 19.3. The second-order valence-corrected chi connectivity index (χ2v) is 7.03. The Labute approximate surface area is 152 Å². The van der Waals surface area contributed by atoms with Crippen LogP contribution in [-0.4, -0.2) is 41.1 Å². The summed E-state index contributed by atoms with van der Waals surface area (Å²) in [6.45, 7) is 1.81. The van der Waals surface area contributed by atoms with Crippen molar-refractivity contribution in [2.45, 2.75) is 11.8 Å². The van der Waals surface area contributed by atoms with E-state index in [1.165, 1.54) is 19.2 Å². The lowest BCUT2D eigenvalue weighted by Gasteiger charge is -2.24. The lowest BCUT2D eigenvalue weighted by atomic mass is 10.1. The topological polar surface area (TPSA) is 90.0 Å². The number of carbonyl (C=O) groups excluding carboxylic acids is 2. The third-order valence-electron chi connectivity index (χ3n) is 3.71. The number of para-hydroxylation sites is 1. The minimum Gasteiger partial charge on any atom is -0.465 e. The summed E-state index contributed by atoms with van der Waals surface area (Å²) >= 11 is 0. The predicted molar refractivity (Wildman–Crippen MR) is 95.8 cm³/mol. The van der Waals surface area contributed by atoms with Crippen molar-refractivity contribution in [1.29, 1.82) is 0 Å². The Balaban J connectivity index is 2.69. The van der Waals surface area contributed by atoms with Crippen molar-refractivity contribution in [3.8, 4) is 0 Å². The number of esters is 2. The number of carbonyl (C=O) groups is 2. The monoisotopic (exact) mass is 377 g/mol. The number of hydrogen-bond acceptors (Lipinski definition) is 6. The second kappa shape index (κ2) is 8.01. The molecule has 0 atom stereocenters. The van der Waals surface area contributed by atoms with Crippen LogP contribution in [0.1, 0.15) is 27.6 Å². The number of sulfonamides is 1. The van der Waals surface area contributed by atoms with Crippen LogP contribution in [0.4, 0.5) is 5.69 Å². The fourth-order valence-electron chi connectivity index (χ4n) is 2.46. The first-order valence-corrected chi connectivity index (χ1v) is 9.19. The molecule has 2 rings (SSSR count). The molecule has 0 fully saturated rings. The Morgan fingerprint density at radius 2 is 1.58 bits per heavy atom. The Morgan fingerprint density at radius 3 is 2.12 bits per heavy atom. The Morgan fingerprint density at radius 1 is 0.962 bits per heavy atom. The van der Waals surface area contributed by atoms with Crippen LogP contribution < -0.4 is 4.31 Å². The van der Waals surface area contributed by atoms with Gasteiger partial charge in [0.25, 0.3) is 10.0 Å². The van der Waals surface area contributed by atoms with E-state index in [0.717, 1.165) is 17.5 Å². The lowest BCUT2D eigenvalue weighted by molar-refractivity contribution is 0.0583. The maximum absolute atomic E-state index is 13.2. The molecule has 138 valence electrons. The Bertz CT molecular complexity index is 909. The highest BCUT2D eigenvalue weighted by molar-refractivity contribution is 7.93. The van der Waals surface area contributed by atoms with Crippen LogP contribution >= 0.6 is 0 Å². The first-order chi connectivity index (χ1) is 12.4. The van der Waals surface area contributed by atoms with E-state index >= 15 is 0 Å². The molecular formula is C18H19NO6S. The highest BCUT2D eigenvalue weighted by Gasteiger charge is 2.30. The quantitative estimate of drug-likeness (QED) is 0.719. The SMILES string of the molecule is CCN(c1ccccc1)S(=O)(=O)c1cc(C(=O)OC)ccc1C(=O)OC. The Kier molecular flexibility index (Phi) is 5.99. The molecular weight excluding hydrogens is 358 g/mol. The van der Waals surface area contributed by atoms with Gasteiger partial charge in [-0.1, -0.05) is 18.2 Å². The number of nitrogens with zero attached hydrogens (tertiary/aromatic N) is 1. The van der Waals surface area contributed by atoms with Gasteiger partial charge in [-0.15, -0.1) is 0 Å². The number of ether oxygens (including phenoxy) is 2. The molecule has 0 aliphatic heterocycles. The van der Waals surface area contributed by atoms with Crippen LogP contribution in [0, 0.1) is 0 Å². The van der Waals surface area contributed by atoms with Crippen molar-refractivity contribution >= 4 is 27.6 Å². The fourth-order valence-corrected chi connectivity index (χ4v) is 4.15. The van der Waals surface area contributed by atoms with Crippen LogP contribution in [-0.2, 0) is 19.5 Å². The van der Waals surface area contributed by atoms with Crippen molar-refractivity contribution in [2.75, 3.05) is 25.1 Å². The van der Waals surface area contributed by atoms with Gasteiger partial charge in [0.05, 0.1) is 31.0 Å². The molecule has 0 N–H and O–H groups in total. The van der Waals surface area contributed by atoms with Gasteiger partial charge in [-0.3, -0.25) is 4.31 Å². The highest BCUT2D eigenvalue weighted by Crippen LogP contribution is 2.27. The summed E-state index contributed by atoms with van der Waals surface area (Å²) < 4.78 is 36.9. The van der Waals surface area contributed by atoms with Crippen molar-refractivity contribution < 1.29 is 27.5 Å². The van der Waals surface area contributed by atoms with Gasteiger partial charge in [0.1, 0.15) is 4.90 Å². The summed E-state index contributed by atoms with van der Waals surface area (Å²) in [5.74, 6) is -1.52. The minimum atomic E-state index is -4.13. The molecule has 0 saturated carbocycles. The molecule has 2 aromatic carbocycles. The maximum Gasteiger partial charge on any atom is 0.339 e. The largest absolute Gasteiger partial charge is 0.465 e. The van der Waals surface area contributed by atoms with Gasteiger partial charge in [-0.2, -0.15) is 0 Å². The van der Waals surface area contributed by atoms with Crippen LogP contribution in [0.3, 0.4) is 0 Å². The van der Waals surface area contributed by atoms with Crippen LogP contribution in [0.25, 0.3) is 0 Å². The molecule has 0 aliphatic carbocycles. The molecule has 0 spiro atoms. The van der Waals surface area contributed by atoms with E-state index in [-0.39, 0.29) is 22.6 Å². The van der Waals surface area contributed by atoms with E-state index in [4.69, 9.17) is 0 Å². The highest BCUT2D eigenvalue weighted by atomic mass is 32.2. The van der Waals surface area contributed by atoms with Crippen molar-refractivity contribution in [3.63, 3.8) is 0 Å². The third-order valence-corrected chi connectivity index (χ3v) is 5.65. The van der Waals surface area contributed by atoms with Crippen LogP contribution in [0.2, 0.25) is 0 Å². The van der Waals surface area contributed by atoms with Crippen LogP contribution in [0.5, 0.6) is 0 Å². The van der Waals surface area contributed by atoms with Crippen molar-refractivity contribution in [2.24, 2.45) is 0 Å². The third kappa shape index (κ3) is 3.70. The molecule has 0 bridgehead atoms. The minimum absolute atomic E-state index is 0.0165. The molecule has 0 unspecified atom stereocenters. The van der Waals surface area contributed by atoms with Gasteiger partial charge in [-0.25, -0.2) is 18.0 Å². The van der Waals surface area contributed by atoms with Crippen LogP contribution in [0.15, 0.2) is 53.4 Å². The van der Waals surface area contributed by atoms with Gasteiger partial charge < -0.3 is 9.47 Å². The van der Waals surface area contributed by atoms with Crippen molar-refractivity contribution in [3.05, 3.63) is 59.7 Å². The van der Waals surface area contributed by atoms with E-state index in [0.29, 0.717) is 5.69 Å². The molecule has 0 aliphatic rings. The zero-order valence-electron chi connectivity index (χ0n) is 14.6. The lowest BCUT2D eigenvalue weighted by Crippen LogP contribution is -2.32. The first-order valence-electron chi connectivity index (χ1n) is 7.75. The second-order valence-electron chi connectivity index (χ2n) is 5.20. The number of rotatable bonds is 6. The average Bonchev–Trinajstić information content (AvgIpc) is 2.67. The smallest absolute Gasteiger partial charge is 0.339 e. The summed E-state index contributed by atoms with van der Waals surface area (Å²) in [4.78, 5) is 23.5. The van der Waals surface area contributed by atoms with Gasteiger partial charge >= 0.3 is 11.9 Å². The maximum atomic E-state index is 13.2. The molecule has 0 saturated heterocycles. The molecule has 0 radical (unpaired) electrons. The standard InChI is InChI=1S/C18H19NO6S/c1-4-19(14-8-6-5-7-9-14)26(22,23)16-12-13(17(20)24-2)10-11-15(16)18(21)25-3/h5-12H,4H2,1-3H3. The summed E-state index contributed by atoms with van der Waals surface area (Å²) in [7, 11) is -1.79. The van der Waals surface area contributed by atoms with E-state index in [1.807, 2.05) is 0 Å². The molecule has 2 aromatic rings. The summed E-state index contributed by atoms with van der Waals surface area (Å²) in [5, 5.41) is 0. The molecule has 26 heavy (non-hydrogen) atoms. The first kappa shape index (κ1) is 19.5. The normalized spacial score (nSPS) is 10.9. The number of methoxy groups -OCH3 is 2. The Hall–Kier alpha value is -2.87. The fraction of sp³-hybridized carbons (Fsp3) is 0.222. The molecule has 7 nitrogen and oxygen atoms in total. The zero-order valence-corrected chi connectivity index (χ0v) is 15.4. The summed E-state index contributed by atoms with van der Waals surface area (Å²) in [5.41, 5.74) is 0.298. The predicted octanol–water partition coefficient (Wildman–Crippen LogP) is 2.48.